The van der Waals surface area contributed by atoms with E-state index in [1.807, 2.05) is 0 Å². The zero-order valence-electron chi connectivity index (χ0n) is 12.0. The van der Waals surface area contributed by atoms with Crippen LogP contribution < -0.4 is 0 Å². The van der Waals surface area contributed by atoms with Crippen LogP contribution in [0.3, 0.4) is 0 Å². The van der Waals surface area contributed by atoms with Crippen molar-refractivity contribution in [3.63, 3.8) is 0 Å². The van der Waals surface area contributed by atoms with Crippen molar-refractivity contribution < 1.29 is 19.1 Å². The molecule has 0 aromatic carbocycles. The Morgan fingerprint density at radius 2 is 1.68 bits per heavy atom. The molecule has 0 unspecified atom stereocenters. The minimum absolute atomic E-state index is 0.0820. The summed E-state index contributed by atoms with van der Waals surface area (Å²) >= 11 is 0. The van der Waals surface area contributed by atoms with E-state index in [9.17, 15) is 9.59 Å². The Bertz CT molecular complexity index is 651. The molecule has 0 radical (unpaired) electrons. The summed E-state index contributed by atoms with van der Waals surface area (Å²) in [6.07, 6.45) is 0. The number of carbonyl (C=O) groups is 2. The Labute approximate surface area is 124 Å². The van der Waals surface area contributed by atoms with Crippen molar-refractivity contribution in [2.75, 3.05) is 13.2 Å². The summed E-state index contributed by atoms with van der Waals surface area (Å²) in [4.78, 5) is 23.8. The number of aromatic nitrogens is 8. The van der Waals surface area contributed by atoms with Crippen LogP contribution in [0.1, 0.15) is 13.8 Å². The number of tetrazole rings is 2. The summed E-state index contributed by atoms with van der Waals surface area (Å²) < 4.78 is 10.8. The first kappa shape index (κ1) is 15.5. The van der Waals surface area contributed by atoms with Crippen LogP contribution in [0.4, 0.5) is 0 Å². The SMILES string of the molecule is CCOC(=O)Cn1nnc(-c2nnnn2CC(=O)OCC)n1. The van der Waals surface area contributed by atoms with Gasteiger partial charge in [0.05, 0.1) is 13.2 Å². The van der Waals surface area contributed by atoms with E-state index in [4.69, 9.17) is 9.47 Å². The van der Waals surface area contributed by atoms with E-state index in [-0.39, 0.29) is 38.0 Å². The van der Waals surface area contributed by atoms with Gasteiger partial charge in [-0.1, -0.05) is 0 Å². The molecule has 22 heavy (non-hydrogen) atoms. The summed E-state index contributed by atoms with van der Waals surface area (Å²) in [6.45, 7) is 3.55. The highest BCUT2D eigenvalue weighted by atomic mass is 16.5. The van der Waals surface area contributed by atoms with Gasteiger partial charge in [-0.3, -0.25) is 4.79 Å². The van der Waals surface area contributed by atoms with Crippen molar-refractivity contribution in [1.82, 2.24) is 40.4 Å². The van der Waals surface area contributed by atoms with Crippen LogP contribution >= 0.6 is 0 Å². The fraction of sp³-hybridized carbons (Fsp3) is 0.600. The number of hydrogen-bond donors (Lipinski definition) is 0. The van der Waals surface area contributed by atoms with E-state index in [0.29, 0.717) is 0 Å². The largest absolute Gasteiger partial charge is 0.465 e. The van der Waals surface area contributed by atoms with E-state index in [1.165, 1.54) is 4.68 Å². The highest BCUT2D eigenvalue weighted by molar-refractivity contribution is 5.69. The first-order valence-corrected chi connectivity index (χ1v) is 6.49. The van der Waals surface area contributed by atoms with E-state index < -0.39 is 11.9 Å². The van der Waals surface area contributed by atoms with Crippen molar-refractivity contribution in [3.8, 4) is 11.6 Å². The standard InChI is InChI=1S/C10H14N8O4/c1-3-21-7(19)5-17-10(12-14-16-17)9-11-15-18(13-9)6-8(20)22-4-2/h3-6H2,1-2H3. The number of ether oxygens (including phenoxy) is 2. The van der Waals surface area contributed by atoms with Gasteiger partial charge in [-0.05, 0) is 29.5 Å². The van der Waals surface area contributed by atoms with Gasteiger partial charge >= 0.3 is 11.9 Å². The average molecular weight is 310 g/mol. The van der Waals surface area contributed by atoms with Gasteiger partial charge in [-0.25, -0.2) is 9.48 Å². The summed E-state index contributed by atoms with van der Waals surface area (Å²) in [5.41, 5.74) is 0. The lowest BCUT2D eigenvalue weighted by molar-refractivity contribution is -0.145. The minimum atomic E-state index is -0.491. The number of esters is 2. The molecule has 12 nitrogen and oxygen atoms in total. The Morgan fingerprint density at radius 1 is 1.00 bits per heavy atom. The number of nitrogens with zero attached hydrogens (tertiary/aromatic N) is 8. The first-order valence-electron chi connectivity index (χ1n) is 6.49. The van der Waals surface area contributed by atoms with E-state index in [0.717, 1.165) is 4.80 Å². The molecular weight excluding hydrogens is 296 g/mol. The van der Waals surface area contributed by atoms with Gasteiger partial charge < -0.3 is 9.47 Å². The van der Waals surface area contributed by atoms with Crippen LogP contribution in [0.25, 0.3) is 11.6 Å². The maximum atomic E-state index is 11.5. The third-order valence-corrected chi connectivity index (χ3v) is 2.34. The summed E-state index contributed by atoms with van der Waals surface area (Å²) in [6, 6.07) is 0. The topological polar surface area (TPSA) is 140 Å². The summed E-state index contributed by atoms with van der Waals surface area (Å²) in [5, 5.41) is 22.3. The van der Waals surface area contributed by atoms with Gasteiger partial charge in [-0.2, -0.15) is 4.80 Å². The molecule has 0 aliphatic rings. The second kappa shape index (κ2) is 7.19. The molecule has 0 fully saturated rings. The molecule has 0 N–H and O–H groups in total. The van der Waals surface area contributed by atoms with Gasteiger partial charge in [0, 0.05) is 0 Å². The molecule has 118 valence electrons. The van der Waals surface area contributed by atoms with Gasteiger partial charge in [0.15, 0.2) is 6.54 Å². The Balaban J connectivity index is 2.09. The number of rotatable bonds is 7. The van der Waals surface area contributed by atoms with Crippen LogP contribution in [0.5, 0.6) is 0 Å². The monoisotopic (exact) mass is 310 g/mol. The van der Waals surface area contributed by atoms with Crippen LogP contribution in [0, 0.1) is 0 Å². The average Bonchev–Trinajstić information content (AvgIpc) is 3.08. The Hall–Kier alpha value is -2.92. The Kier molecular flexibility index (Phi) is 5.06. The first-order chi connectivity index (χ1) is 10.6. The number of carbonyl (C=O) groups excluding carboxylic acids is 2. The third-order valence-electron chi connectivity index (χ3n) is 2.34. The molecule has 0 saturated carbocycles. The van der Waals surface area contributed by atoms with Gasteiger partial charge in [0.25, 0.3) is 0 Å². The zero-order valence-corrected chi connectivity index (χ0v) is 12.0. The molecule has 0 spiro atoms. The molecular formula is C10H14N8O4. The molecule has 2 rings (SSSR count). The number of hydrogen-bond acceptors (Lipinski definition) is 10. The second-order valence-electron chi connectivity index (χ2n) is 3.91. The zero-order chi connectivity index (χ0) is 15.9. The van der Waals surface area contributed by atoms with Crippen LogP contribution in [0.2, 0.25) is 0 Å². The van der Waals surface area contributed by atoms with E-state index in [1.54, 1.807) is 13.8 Å². The smallest absolute Gasteiger partial charge is 0.329 e. The normalized spacial score (nSPS) is 10.5. The maximum absolute atomic E-state index is 11.5. The molecule has 0 saturated heterocycles. The lowest BCUT2D eigenvalue weighted by atomic mass is 10.5. The fourth-order valence-corrected chi connectivity index (χ4v) is 1.52. The summed E-state index contributed by atoms with van der Waals surface area (Å²) in [5.74, 6) is -0.755. The van der Waals surface area contributed by atoms with Gasteiger partial charge in [0.1, 0.15) is 6.54 Å². The van der Waals surface area contributed by atoms with E-state index >= 15 is 0 Å². The highest BCUT2D eigenvalue weighted by Gasteiger charge is 2.18. The highest BCUT2D eigenvalue weighted by Crippen LogP contribution is 2.08. The van der Waals surface area contributed by atoms with Crippen molar-refractivity contribution in [1.29, 1.82) is 0 Å². The second-order valence-corrected chi connectivity index (χ2v) is 3.91. The predicted octanol–water partition coefficient (Wildman–Crippen LogP) is -1.55. The Morgan fingerprint density at radius 3 is 2.36 bits per heavy atom. The third kappa shape index (κ3) is 3.80. The van der Waals surface area contributed by atoms with Crippen LogP contribution in [0.15, 0.2) is 0 Å². The van der Waals surface area contributed by atoms with Crippen LogP contribution in [-0.2, 0) is 32.2 Å². The van der Waals surface area contributed by atoms with Gasteiger partial charge in [-0.15, -0.1) is 15.3 Å². The molecule has 0 bridgehead atoms. The molecule has 0 aliphatic heterocycles. The lowest BCUT2D eigenvalue weighted by Gasteiger charge is -2.01. The van der Waals surface area contributed by atoms with Crippen LogP contribution in [-0.4, -0.2) is 65.6 Å². The van der Waals surface area contributed by atoms with Crippen molar-refractivity contribution in [2.45, 2.75) is 26.9 Å². The molecule has 0 amide bonds. The quantitative estimate of drug-likeness (QED) is 0.552. The lowest BCUT2D eigenvalue weighted by Crippen LogP contribution is -2.16. The minimum Gasteiger partial charge on any atom is -0.465 e. The molecule has 0 aliphatic carbocycles. The maximum Gasteiger partial charge on any atom is 0.329 e. The van der Waals surface area contributed by atoms with Gasteiger partial charge in [0.2, 0.25) is 11.6 Å². The molecule has 12 heteroatoms. The van der Waals surface area contributed by atoms with Crippen molar-refractivity contribution >= 4 is 11.9 Å². The molecule has 2 aromatic heterocycles. The van der Waals surface area contributed by atoms with Crippen molar-refractivity contribution in [3.05, 3.63) is 0 Å². The molecule has 0 atom stereocenters. The molecule has 2 aromatic rings. The predicted molar refractivity (Wildman–Crippen MR) is 67.9 cm³/mol. The summed E-state index contributed by atoms with van der Waals surface area (Å²) in [7, 11) is 0. The fourth-order valence-electron chi connectivity index (χ4n) is 1.52. The van der Waals surface area contributed by atoms with Crippen molar-refractivity contribution in [2.24, 2.45) is 0 Å². The van der Waals surface area contributed by atoms with E-state index in [2.05, 4.69) is 30.9 Å². The molecule has 2 heterocycles.